The largest absolute Gasteiger partial charge is 0.349 e. The molecule has 0 unspecified atom stereocenters. The van der Waals surface area contributed by atoms with Crippen molar-refractivity contribution >= 4 is 17.2 Å². The Morgan fingerprint density at radius 2 is 2.14 bits per heavy atom. The highest BCUT2D eigenvalue weighted by Gasteiger charge is 2.28. The molecule has 1 amide bonds. The fourth-order valence-electron chi connectivity index (χ4n) is 3.34. The summed E-state index contributed by atoms with van der Waals surface area (Å²) in [5.41, 5.74) is 0.600. The van der Waals surface area contributed by atoms with E-state index in [0.29, 0.717) is 18.1 Å². The number of hydrogen-bond acceptors (Lipinski definition) is 5. The van der Waals surface area contributed by atoms with Crippen LogP contribution in [0, 0.1) is 11.2 Å². The minimum atomic E-state index is -0.366. The van der Waals surface area contributed by atoms with Gasteiger partial charge in [0.25, 0.3) is 5.91 Å². The highest BCUT2D eigenvalue weighted by Crippen LogP contribution is 2.28. The van der Waals surface area contributed by atoms with Gasteiger partial charge in [-0.1, -0.05) is 19.1 Å². The number of rotatable bonds is 5. The molecule has 1 saturated heterocycles. The number of amides is 1. The van der Waals surface area contributed by atoms with Crippen LogP contribution in [0.3, 0.4) is 0 Å². The van der Waals surface area contributed by atoms with E-state index in [2.05, 4.69) is 27.6 Å². The molecule has 146 valence electrons. The molecule has 1 aliphatic rings. The molecule has 6 nitrogen and oxygen atoms in total. The van der Waals surface area contributed by atoms with Gasteiger partial charge in [-0.05, 0) is 61.0 Å². The quantitative estimate of drug-likeness (QED) is 0.691. The van der Waals surface area contributed by atoms with Gasteiger partial charge in [-0.25, -0.2) is 14.1 Å². The van der Waals surface area contributed by atoms with Crippen molar-refractivity contribution in [2.24, 2.45) is 5.41 Å². The Hall–Kier alpha value is -2.58. The summed E-state index contributed by atoms with van der Waals surface area (Å²) in [5.74, 6) is -0.0632. The van der Waals surface area contributed by atoms with Crippen molar-refractivity contribution in [2.75, 3.05) is 19.6 Å². The first-order valence-corrected chi connectivity index (χ1v) is 10.2. The van der Waals surface area contributed by atoms with Gasteiger partial charge in [-0.3, -0.25) is 4.79 Å². The standard InChI is InChI=1S/C20H22FN5OS/c1-20(7-9-22-10-8-20)13-23-19(27)17-24-18(16-6-3-11-28-16)26(25-17)15-5-2-4-14(21)12-15/h2-6,11-12,22H,7-10,13H2,1H3,(H,23,27). The summed E-state index contributed by atoms with van der Waals surface area (Å²) in [5, 5.41) is 12.6. The van der Waals surface area contributed by atoms with Gasteiger partial charge in [0.1, 0.15) is 5.82 Å². The number of nitrogens with one attached hydrogen (secondary N) is 2. The Morgan fingerprint density at radius 3 is 2.86 bits per heavy atom. The van der Waals surface area contributed by atoms with E-state index in [1.54, 1.807) is 12.1 Å². The Labute approximate surface area is 166 Å². The van der Waals surface area contributed by atoms with Crippen molar-refractivity contribution in [2.45, 2.75) is 19.8 Å². The summed E-state index contributed by atoms with van der Waals surface area (Å²) in [7, 11) is 0. The van der Waals surface area contributed by atoms with E-state index in [1.807, 2.05) is 17.5 Å². The predicted octanol–water partition coefficient (Wildman–Crippen LogP) is 3.25. The number of hydrogen-bond donors (Lipinski definition) is 2. The Morgan fingerprint density at radius 1 is 1.32 bits per heavy atom. The van der Waals surface area contributed by atoms with Gasteiger partial charge in [0, 0.05) is 6.54 Å². The van der Waals surface area contributed by atoms with Crippen LogP contribution >= 0.6 is 11.3 Å². The van der Waals surface area contributed by atoms with Gasteiger partial charge in [0.15, 0.2) is 5.82 Å². The highest BCUT2D eigenvalue weighted by atomic mass is 32.1. The van der Waals surface area contributed by atoms with Gasteiger partial charge >= 0.3 is 0 Å². The number of benzene rings is 1. The Kier molecular flexibility index (Phi) is 5.23. The molecular formula is C20H22FN5OS. The van der Waals surface area contributed by atoms with Crippen LogP contribution in [0.15, 0.2) is 41.8 Å². The first kappa shape index (κ1) is 18.8. The smallest absolute Gasteiger partial charge is 0.291 e. The van der Waals surface area contributed by atoms with Crippen LogP contribution in [0.5, 0.6) is 0 Å². The van der Waals surface area contributed by atoms with Crippen LogP contribution < -0.4 is 10.6 Å². The minimum Gasteiger partial charge on any atom is -0.349 e. The zero-order valence-corrected chi connectivity index (χ0v) is 16.4. The summed E-state index contributed by atoms with van der Waals surface area (Å²) in [6.45, 7) is 4.68. The van der Waals surface area contributed by atoms with Crippen molar-refractivity contribution in [3.05, 3.63) is 53.4 Å². The lowest BCUT2D eigenvalue weighted by atomic mass is 9.81. The van der Waals surface area contributed by atoms with Gasteiger partial charge in [0.2, 0.25) is 5.82 Å². The van der Waals surface area contributed by atoms with Gasteiger partial charge in [-0.2, -0.15) is 0 Å². The van der Waals surface area contributed by atoms with Crippen LogP contribution in [0.1, 0.15) is 30.4 Å². The van der Waals surface area contributed by atoms with Gasteiger partial charge in [-0.15, -0.1) is 16.4 Å². The monoisotopic (exact) mass is 399 g/mol. The third-order valence-electron chi connectivity index (χ3n) is 5.09. The van der Waals surface area contributed by atoms with E-state index >= 15 is 0 Å². The maximum atomic E-state index is 13.7. The molecule has 0 radical (unpaired) electrons. The molecular weight excluding hydrogens is 377 g/mol. The number of nitrogens with zero attached hydrogens (tertiary/aromatic N) is 3. The first-order valence-electron chi connectivity index (χ1n) is 9.30. The molecule has 1 aromatic carbocycles. The van der Waals surface area contributed by atoms with E-state index in [-0.39, 0.29) is 23.0 Å². The lowest BCUT2D eigenvalue weighted by Gasteiger charge is -2.33. The highest BCUT2D eigenvalue weighted by molar-refractivity contribution is 7.13. The van der Waals surface area contributed by atoms with Crippen LogP contribution in [-0.2, 0) is 0 Å². The number of piperidine rings is 1. The van der Waals surface area contributed by atoms with Crippen LogP contribution in [0.4, 0.5) is 4.39 Å². The molecule has 1 aliphatic heterocycles. The molecule has 0 bridgehead atoms. The van der Waals surface area contributed by atoms with E-state index in [9.17, 15) is 9.18 Å². The minimum absolute atomic E-state index is 0.0720. The summed E-state index contributed by atoms with van der Waals surface area (Å²) in [6.07, 6.45) is 2.03. The summed E-state index contributed by atoms with van der Waals surface area (Å²) < 4.78 is 15.2. The third-order valence-corrected chi connectivity index (χ3v) is 5.96. The van der Waals surface area contributed by atoms with E-state index in [4.69, 9.17) is 0 Å². The van der Waals surface area contributed by atoms with Gasteiger partial charge < -0.3 is 10.6 Å². The first-order chi connectivity index (χ1) is 13.5. The molecule has 28 heavy (non-hydrogen) atoms. The molecule has 4 rings (SSSR count). The van der Waals surface area contributed by atoms with Gasteiger partial charge in [0.05, 0.1) is 10.6 Å². The lowest BCUT2D eigenvalue weighted by Crippen LogP contribution is -2.43. The van der Waals surface area contributed by atoms with Crippen molar-refractivity contribution in [3.63, 3.8) is 0 Å². The molecule has 0 aliphatic carbocycles. The Bertz CT molecular complexity index is 963. The predicted molar refractivity (Wildman–Crippen MR) is 107 cm³/mol. The van der Waals surface area contributed by atoms with E-state index < -0.39 is 0 Å². The number of carbonyl (C=O) groups is 1. The van der Waals surface area contributed by atoms with Crippen LogP contribution in [0.25, 0.3) is 16.4 Å². The molecule has 8 heteroatoms. The Balaban J connectivity index is 1.61. The SMILES string of the molecule is CC1(CNC(=O)c2nc(-c3cccs3)n(-c3cccc(F)c3)n2)CCNCC1. The van der Waals surface area contributed by atoms with Crippen molar-refractivity contribution in [3.8, 4) is 16.4 Å². The average molecular weight is 399 g/mol. The summed E-state index contributed by atoms with van der Waals surface area (Å²) in [4.78, 5) is 18.0. The molecule has 3 heterocycles. The maximum absolute atomic E-state index is 13.7. The van der Waals surface area contributed by atoms with Crippen LogP contribution in [0.2, 0.25) is 0 Å². The molecule has 0 spiro atoms. The maximum Gasteiger partial charge on any atom is 0.291 e. The zero-order chi connectivity index (χ0) is 19.6. The molecule has 0 atom stereocenters. The molecule has 0 saturated carbocycles. The van der Waals surface area contributed by atoms with E-state index in [0.717, 1.165) is 30.8 Å². The second-order valence-corrected chi connectivity index (χ2v) is 8.32. The zero-order valence-electron chi connectivity index (χ0n) is 15.6. The topological polar surface area (TPSA) is 71.8 Å². The molecule has 1 fully saturated rings. The number of aromatic nitrogens is 3. The number of halogens is 1. The lowest BCUT2D eigenvalue weighted by molar-refractivity contribution is 0.0912. The molecule has 3 aromatic rings. The second-order valence-electron chi connectivity index (χ2n) is 7.37. The molecule has 2 N–H and O–H groups in total. The summed E-state index contributed by atoms with van der Waals surface area (Å²) in [6, 6.07) is 9.92. The fourth-order valence-corrected chi connectivity index (χ4v) is 4.04. The van der Waals surface area contributed by atoms with Crippen molar-refractivity contribution < 1.29 is 9.18 Å². The molecule has 2 aromatic heterocycles. The second kappa shape index (κ2) is 7.81. The third kappa shape index (κ3) is 3.98. The number of thiophene rings is 1. The number of carbonyl (C=O) groups excluding carboxylic acids is 1. The van der Waals surface area contributed by atoms with E-state index in [1.165, 1.54) is 28.2 Å². The normalized spacial score (nSPS) is 16.1. The fraction of sp³-hybridized carbons (Fsp3) is 0.350. The van der Waals surface area contributed by atoms with Crippen LogP contribution in [-0.4, -0.2) is 40.3 Å². The van der Waals surface area contributed by atoms with Crippen molar-refractivity contribution in [1.29, 1.82) is 0 Å². The average Bonchev–Trinajstić information content (AvgIpc) is 3.36. The summed E-state index contributed by atoms with van der Waals surface area (Å²) >= 11 is 1.49. The van der Waals surface area contributed by atoms with Crippen molar-refractivity contribution in [1.82, 2.24) is 25.4 Å².